The molecule has 4 rings (SSSR count). The molecular formula is C15H14N2O5. The molecule has 7 heteroatoms. The van der Waals surface area contributed by atoms with Crippen molar-refractivity contribution in [2.24, 2.45) is 0 Å². The van der Waals surface area contributed by atoms with Crippen LogP contribution in [0.2, 0.25) is 0 Å². The molecular weight excluding hydrogens is 288 g/mol. The highest BCUT2D eigenvalue weighted by molar-refractivity contribution is 6.01. The summed E-state index contributed by atoms with van der Waals surface area (Å²) in [6, 6.07) is 7.06. The molecule has 22 heavy (non-hydrogen) atoms. The second-order valence-corrected chi connectivity index (χ2v) is 5.72. The Morgan fingerprint density at radius 2 is 2.00 bits per heavy atom. The smallest absolute Gasteiger partial charge is 0.331 e. The van der Waals surface area contributed by atoms with Gasteiger partial charge in [-0.1, -0.05) is 30.3 Å². The number of amides is 2. The van der Waals surface area contributed by atoms with Crippen molar-refractivity contribution >= 4 is 17.8 Å². The van der Waals surface area contributed by atoms with Crippen molar-refractivity contribution in [1.82, 2.24) is 9.80 Å². The van der Waals surface area contributed by atoms with Crippen LogP contribution in [0.4, 0.5) is 0 Å². The van der Waals surface area contributed by atoms with Gasteiger partial charge in [-0.25, -0.2) is 4.79 Å². The monoisotopic (exact) mass is 302 g/mol. The van der Waals surface area contributed by atoms with Gasteiger partial charge in [0.25, 0.3) is 0 Å². The molecule has 1 aromatic carbocycles. The van der Waals surface area contributed by atoms with Crippen LogP contribution < -0.4 is 0 Å². The van der Waals surface area contributed by atoms with Gasteiger partial charge in [0.1, 0.15) is 18.4 Å². The molecule has 0 saturated carbocycles. The zero-order valence-corrected chi connectivity index (χ0v) is 11.6. The van der Waals surface area contributed by atoms with E-state index in [4.69, 9.17) is 4.74 Å². The summed E-state index contributed by atoms with van der Waals surface area (Å²) in [6.45, 7) is 0.359. The SMILES string of the molecule is O=C(O)C(c1ccccc1)N1C(=O)C1C1CN2C(=O)C[C@H]2O1. The Balaban J connectivity index is 1.54. The minimum atomic E-state index is -1.07. The maximum Gasteiger partial charge on any atom is 0.331 e. The minimum absolute atomic E-state index is 0.0185. The molecule has 3 fully saturated rings. The molecule has 0 aliphatic carbocycles. The molecule has 7 nitrogen and oxygen atoms in total. The van der Waals surface area contributed by atoms with Crippen LogP contribution in [0, 0.1) is 0 Å². The number of carbonyl (C=O) groups is 3. The second-order valence-electron chi connectivity index (χ2n) is 5.72. The summed E-state index contributed by atoms with van der Waals surface area (Å²) in [5.41, 5.74) is 0.559. The predicted octanol–water partition coefficient (Wildman–Crippen LogP) is -0.0197. The first-order chi connectivity index (χ1) is 10.6. The van der Waals surface area contributed by atoms with E-state index in [-0.39, 0.29) is 18.0 Å². The lowest BCUT2D eigenvalue weighted by Gasteiger charge is -2.31. The van der Waals surface area contributed by atoms with Crippen LogP contribution in [0.15, 0.2) is 30.3 Å². The van der Waals surface area contributed by atoms with Crippen LogP contribution in [0.3, 0.4) is 0 Å². The molecule has 4 atom stereocenters. The number of carboxylic acids is 1. The molecule has 0 radical (unpaired) electrons. The maximum absolute atomic E-state index is 12.1. The van der Waals surface area contributed by atoms with Gasteiger partial charge in [0.2, 0.25) is 11.8 Å². The molecule has 0 bridgehead atoms. The summed E-state index contributed by atoms with van der Waals surface area (Å²) in [5, 5.41) is 9.47. The van der Waals surface area contributed by atoms with Crippen molar-refractivity contribution in [3.05, 3.63) is 35.9 Å². The van der Waals surface area contributed by atoms with E-state index >= 15 is 0 Å². The molecule has 114 valence electrons. The normalized spacial score (nSPS) is 30.8. The average Bonchev–Trinajstić information content (AvgIpc) is 3.00. The molecule has 3 heterocycles. The van der Waals surface area contributed by atoms with E-state index in [2.05, 4.69) is 0 Å². The summed E-state index contributed by atoms with van der Waals surface area (Å²) >= 11 is 0. The highest BCUT2D eigenvalue weighted by Crippen LogP contribution is 2.41. The van der Waals surface area contributed by atoms with Crippen LogP contribution in [-0.2, 0) is 19.1 Å². The van der Waals surface area contributed by atoms with Crippen molar-refractivity contribution < 1.29 is 24.2 Å². The topological polar surface area (TPSA) is 86.9 Å². The number of aliphatic carboxylic acids is 1. The highest BCUT2D eigenvalue weighted by Gasteiger charge is 2.61. The maximum atomic E-state index is 12.1. The number of hydrogen-bond donors (Lipinski definition) is 1. The molecule has 0 aromatic heterocycles. The van der Waals surface area contributed by atoms with Crippen LogP contribution >= 0.6 is 0 Å². The van der Waals surface area contributed by atoms with Crippen molar-refractivity contribution in [2.75, 3.05) is 6.54 Å². The fraction of sp³-hybridized carbons (Fsp3) is 0.400. The van der Waals surface area contributed by atoms with Gasteiger partial charge >= 0.3 is 5.97 Å². The van der Waals surface area contributed by atoms with Crippen LogP contribution in [0.5, 0.6) is 0 Å². The van der Waals surface area contributed by atoms with E-state index in [0.717, 1.165) is 0 Å². The third-order valence-electron chi connectivity index (χ3n) is 4.44. The first-order valence-electron chi connectivity index (χ1n) is 7.13. The number of nitrogens with zero attached hydrogens (tertiary/aromatic N) is 2. The number of ether oxygens (including phenoxy) is 1. The quantitative estimate of drug-likeness (QED) is 0.624. The lowest BCUT2D eigenvalue weighted by molar-refractivity contribution is -0.156. The average molecular weight is 302 g/mol. The number of rotatable bonds is 4. The van der Waals surface area contributed by atoms with E-state index < -0.39 is 24.2 Å². The number of carboxylic acid groups (broad SMARTS) is 1. The van der Waals surface area contributed by atoms with Crippen LogP contribution in [-0.4, -0.2) is 57.6 Å². The molecule has 2 amide bonds. The lowest BCUT2D eigenvalue weighted by Crippen LogP contribution is -2.48. The van der Waals surface area contributed by atoms with E-state index in [1.807, 2.05) is 0 Å². The van der Waals surface area contributed by atoms with Crippen molar-refractivity contribution in [3.63, 3.8) is 0 Å². The Hall–Kier alpha value is -2.41. The van der Waals surface area contributed by atoms with Gasteiger partial charge in [-0.3, -0.25) is 9.59 Å². The number of fused-ring (bicyclic) bond motifs is 1. The number of β-lactam (4-membered cyclic amide) rings is 1. The Bertz CT molecular complexity index is 661. The first kappa shape index (κ1) is 13.3. The minimum Gasteiger partial charge on any atom is -0.479 e. The molecule has 3 aliphatic rings. The van der Waals surface area contributed by atoms with E-state index in [1.165, 1.54) is 4.90 Å². The summed E-state index contributed by atoms with van der Waals surface area (Å²) in [7, 11) is 0. The van der Waals surface area contributed by atoms with Gasteiger partial charge in [-0.15, -0.1) is 0 Å². The van der Waals surface area contributed by atoms with Gasteiger partial charge in [0.15, 0.2) is 6.04 Å². The van der Waals surface area contributed by atoms with E-state index in [0.29, 0.717) is 18.5 Å². The predicted molar refractivity (Wildman–Crippen MR) is 72.4 cm³/mol. The molecule has 3 aliphatic heterocycles. The number of benzene rings is 1. The van der Waals surface area contributed by atoms with Crippen LogP contribution in [0.25, 0.3) is 0 Å². The largest absolute Gasteiger partial charge is 0.479 e. The molecule has 3 saturated heterocycles. The molecule has 1 N–H and O–H groups in total. The summed E-state index contributed by atoms with van der Waals surface area (Å²) in [6.07, 6.45) is -0.333. The number of hydrogen-bond acceptors (Lipinski definition) is 4. The number of carbonyl (C=O) groups excluding carboxylic acids is 2. The van der Waals surface area contributed by atoms with Gasteiger partial charge in [0.05, 0.1) is 13.0 Å². The molecule has 0 spiro atoms. The van der Waals surface area contributed by atoms with Gasteiger partial charge in [0, 0.05) is 0 Å². The van der Waals surface area contributed by atoms with Gasteiger partial charge < -0.3 is 19.6 Å². The van der Waals surface area contributed by atoms with Gasteiger partial charge in [-0.05, 0) is 5.56 Å². The fourth-order valence-corrected chi connectivity index (χ4v) is 3.27. The Morgan fingerprint density at radius 3 is 2.59 bits per heavy atom. The van der Waals surface area contributed by atoms with Crippen molar-refractivity contribution in [3.8, 4) is 0 Å². The lowest BCUT2D eigenvalue weighted by atomic mass is 10.1. The van der Waals surface area contributed by atoms with Crippen molar-refractivity contribution in [2.45, 2.75) is 30.8 Å². The summed E-state index contributed by atoms with van der Waals surface area (Å²) in [4.78, 5) is 38.0. The molecule has 1 aromatic rings. The summed E-state index contributed by atoms with van der Waals surface area (Å²) < 4.78 is 5.67. The highest BCUT2D eigenvalue weighted by atomic mass is 16.5. The molecule has 3 unspecified atom stereocenters. The standard InChI is InChI=1S/C15H14N2O5/c18-10-6-11-16(10)7-9(22-11)13-14(19)17(13)12(15(20)21)8-4-2-1-3-5-8/h1-5,9,11-13H,6-7H2,(H,20,21)/t9?,11-,12?,13?,17?/m1/s1. The third kappa shape index (κ3) is 1.82. The zero-order chi connectivity index (χ0) is 15.4. The fourth-order valence-electron chi connectivity index (χ4n) is 3.27. The second kappa shape index (κ2) is 4.54. The third-order valence-corrected chi connectivity index (χ3v) is 4.44. The Kier molecular flexibility index (Phi) is 2.74. The van der Waals surface area contributed by atoms with Crippen molar-refractivity contribution in [1.29, 1.82) is 0 Å². The van der Waals surface area contributed by atoms with Gasteiger partial charge in [-0.2, -0.15) is 0 Å². The first-order valence-corrected chi connectivity index (χ1v) is 7.13. The van der Waals surface area contributed by atoms with E-state index in [1.54, 1.807) is 35.2 Å². The van der Waals surface area contributed by atoms with E-state index in [9.17, 15) is 19.5 Å². The zero-order valence-electron chi connectivity index (χ0n) is 11.6. The summed E-state index contributed by atoms with van der Waals surface area (Å²) in [5.74, 6) is -1.29. The Labute approximate surface area is 126 Å². The van der Waals surface area contributed by atoms with Crippen LogP contribution in [0.1, 0.15) is 18.0 Å². The Morgan fingerprint density at radius 1 is 1.27 bits per heavy atom.